The number of benzene rings is 1. The highest BCUT2D eigenvalue weighted by molar-refractivity contribution is 6.31. The van der Waals surface area contributed by atoms with E-state index in [1.807, 2.05) is 6.92 Å². The van der Waals surface area contributed by atoms with E-state index >= 15 is 28.8 Å². The first-order chi connectivity index (χ1) is 47.4. The maximum absolute atomic E-state index is 15.8. The highest BCUT2D eigenvalue weighted by Crippen LogP contribution is 2.39. The lowest BCUT2D eigenvalue weighted by Gasteiger charge is -2.44. The zero-order valence-electron chi connectivity index (χ0n) is 59.8. The highest BCUT2D eigenvalue weighted by Gasteiger charge is 2.52. The van der Waals surface area contributed by atoms with Gasteiger partial charge in [-0.15, -0.1) is 0 Å². The Labute approximate surface area is 590 Å². The summed E-state index contributed by atoms with van der Waals surface area (Å²) in [6.07, 6.45) is 5.55. The van der Waals surface area contributed by atoms with Crippen molar-refractivity contribution in [2.75, 3.05) is 102 Å². The Morgan fingerprint density at radius 1 is 0.630 bits per heavy atom. The number of morpholine rings is 1. The summed E-state index contributed by atoms with van der Waals surface area (Å²) in [7, 11) is 10.0. The fraction of sp³-hybridized carbons (Fsp3) is 0.746. The number of amides is 12. The number of likely N-dealkylation sites (N-methyl/N-ethyl adjacent to an activating group) is 7. The third kappa shape index (κ3) is 18.8. The van der Waals surface area contributed by atoms with E-state index in [2.05, 4.69) is 16.0 Å². The van der Waals surface area contributed by atoms with Gasteiger partial charge in [-0.3, -0.25) is 57.5 Å². The Bertz CT molecular complexity index is 3150. The molecule has 29 heteroatoms. The van der Waals surface area contributed by atoms with Crippen molar-refractivity contribution in [3.05, 3.63) is 34.3 Å². The molecule has 7 aliphatic rings. The summed E-state index contributed by atoms with van der Waals surface area (Å²) in [6, 6.07) is -5.51. The molecule has 3 saturated heterocycles. The van der Waals surface area contributed by atoms with Gasteiger partial charge < -0.3 is 64.8 Å². The smallest absolute Gasteiger partial charge is 0.378 e. The molecule has 7 fully saturated rings. The second-order valence-corrected chi connectivity index (χ2v) is 29.8. The zero-order chi connectivity index (χ0) is 73.1. The summed E-state index contributed by atoms with van der Waals surface area (Å²) in [5.41, 5.74) is -2.35. The summed E-state index contributed by atoms with van der Waals surface area (Å²) >= 11 is 6.15. The molecule has 0 bridgehead atoms. The van der Waals surface area contributed by atoms with Gasteiger partial charge in [-0.1, -0.05) is 102 Å². The van der Waals surface area contributed by atoms with Crippen LogP contribution in [0.1, 0.15) is 166 Å². The number of halogens is 4. The van der Waals surface area contributed by atoms with Crippen LogP contribution in [0.25, 0.3) is 0 Å². The van der Waals surface area contributed by atoms with Gasteiger partial charge in [0.1, 0.15) is 47.8 Å². The van der Waals surface area contributed by atoms with E-state index in [-0.39, 0.29) is 83.2 Å². The Balaban J connectivity index is 1.17. The molecular weight excluding hydrogens is 1320 g/mol. The van der Waals surface area contributed by atoms with Gasteiger partial charge in [-0.2, -0.15) is 13.2 Å². The van der Waals surface area contributed by atoms with E-state index < -0.39 is 173 Å². The fourth-order valence-electron chi connectivity index (χ4n) is 15.9. The number of alkyl halides is 3. The van der Waals surface area contributed by atoms with Crippen molar-refractivity contribution in [3.8, 4) is 0 Å². The summed E-state index contributed by atoms with van der Waals surface area (Å²) in [6.45, 7) is 2.70. The number of fused-ring (bicyclic) bond motifs is 1. The summed E-state index contributed by atoms with van der Waals surface area (Å²) in [5.74, 6) is -8.92. The minimum atomic E-state index is -4.76. The van der Waals surface area contributed by atoms with E-state index in [4.69, 9.17) is 16.3 Å². The van der Waals surface area contributed by atoms with Crippen LogP contribution in [-0.4, -0.2) is 265 Å². The number of ether oxygens (including phenoxy) is 1. The molecular formula is C71H106ClF3N12O13. The van der Waals surface area contributed by atoms with Crippen molar-refractivity contribution in [1.82, 2.24) is 60.0 Å². The predicted molar refractivity (Wildman–Crippen MR) is 364 cm³/mol. The van der Waals surface area contributed by atoms with Gasteiger partial charge in [0.25, 0.3) is 0 Å². The lowest BCUT2D eigenvalue weighted by atomic mass is 9.78. The molecule has 556 valence electrons. The maximum Gasteiger partial charge on any atom is 0.417 e. The van der Waals surface area contributed by atoms with Gasteiger partial charge in [0.15, 0.2) is 0 Å². The van der Waals surface area contributed by atoms with Crippen LogP contribution < -0.4 is 16.0 Å². The van der Waals surface area contributed by atoms with Crippen molar-refractivity contribution in [2.45, 2.75) is 216 Å². The summed E-state index contributed by atoms with van der Waals surface area (Å²) in [4.78, 5) is 191. The third-order valence-corrected chi connectivity index (χ3v) is 22.9. The number of hydrogen-bond donors (Lipinski definition) is 3. The highest BCUT2D eigenvalue weighted by atomic mass is 35.5. The molecule has 100 heavy (non-hydrogen) atoms. The van der Waals surface area contributed by atoms with Crippen molar-refractivity contribution < 1.29 is 75.4 Å². The SMILES string of the molecule is CC[C@H](C)[C@@H]1NC(=O)[C@H](C2CCC2)N(C)C(=O)C[C@@H](C(=O)N2CCOCC2)N(C)C(=O)[C@H](C2CCCCC2)N(C)C(=O)C2(CCCC2)NC(=O)[C@@H]2CCCN2C(=O)[C@H](CCc2ccc(C(F)(F)F)c(Cl)c2)NC(=O)CN(C)C(=O)[C@H](CC2CCCC2)N(C)C(=O)CN(C)C(=O)CN(C)C1=O. The van der Waals surface area contributed by atoms with E-state index in [0.29, 0.717) is 56.9 Å². The van der Waals surface area contributed by atoms with Crippen LogP contribution in [0.5, 0.6) is 0 Å². The average Bonchev–Trinajstić information content (AvgIpc) is 1.46. The zero-order valence-corrected chi connectivity index (χ0v) is 60.6. The van der Waals surface area contributed by atoms with Crippen molar-refractivity contribution >= 4 is 82.5 Å². The van der Waals surface area contributed by atoms with Gasteiger partial charge >= 0.3 is 6.18 Å². The van der Waals surface area contributed by atoms with Gasteiger partial charge in [-0.05, 0) is 112 Å². The standard InChI is InChI=1S/C71H106ClF3N12O13/c1-10-44(2)59-67(97)81(5)42-57(90)79(3)43-58(91)82(6)53(39-45-20-14-15-21-45)65(95)80(4)41-55(88)76-51(30-28-46-27-29-49(50(72)38-46)71(73,74)75)64(94)87-33-19-26-52(87)62(92)78-70(31-16-17-32-70)69(99)85(9)61(48-22-12-11-13-23-48)68(98)83(7)54(66(96)86-34-36-100-37-35-86)40-56(89)84(8)60(63(93)77-59)47-24-18-25-47/h27,29,38,44-45,47-48,51-54,59-61H,10-26,28,30-37,39-43H2,1-9H3,(H,76,88)(H,77,93)(H,78,92)/t44-,51-,52-,53-,54-,59-,60-,61-/m0/s1. The van der Waals surface area contributed by atoms with Crippen molar-refractivity contribution in [2.24, 2.45) is 23.7 Å². The first-order valence-corrected chi connectivity index (χ1v) is 36.5. The Morgan fingerprint density at radius 3 is 1.85 bits per heavy atom. The molecule has 1 spiro atoms. The van der Waals surface area contributed by atoms with Crippen LogP contribution >= 0.6 is 11.6 Å². The number of aryl methyl sites for hydroxylation is 1. The molecule has 12 amide bonds. The van der Waals surface area contributed by atoms with E-state index in [9.17, 15) is 41.9 Å². The maximum atomic E-state index is 15.8. The summed E-state index contributed by atoms with van der Waals surface area (Å²) in [5, 5.41) is 8.20. The molecule has 8 atom stereocenters. The molecule has 0 aromatic heterocycles. The molecule has 1 aromatic carbocycles. The van der Waals surface area contributed by atoms with Crippen LogP contribution in [0, 0.1) is 23.7 Å². The third-order valence-electron chi connectivity index (χ3n) is 22.6. The molecule has 1 aromatic rings. The molecule has 0 radical (unpaired) electrons. The number of nitrogens with one attached hydrogen (secondary N) is 3. The van der Waals surface area contributed by atoms with Gasteiger partial charge in [0.05, 0.1) is 49.9 Å². The summed E-state index contributed by atoms with van der Waals surface area (Å²) < 4.78 is 47.2. The van der Waals surface area contributed by atoms with Gasteiger partial charge in [0, 0.05) is 69.0 Å². The van der Waals surface area contributed by atoms with Gasteiger partial charge in [0.2, 0.25) is 70.9 Å². The quantitative estimate of drug-likeness (QED) is 0.289. The molecule has 8 rings (SSSR count). The molecule has 3 heterocycles. The van der Waals surface area contributed by atoms with Crippen LogP contribution in [-0.2, 0) is 74.9 Å². The second-order valence-electron chi connectivity index (χ2n) is 29.4. The first-order valence-electron chi connectivity index (χ1n) is 36.1. The molecule has 4 saturated carbocycles. The normalized spacial score (nSPS) is 27.6. The van der Waals surface area contributed by atoms with Crippen LogP contribution in [0.3, 0.4) is 0 Å². The van der Waals surface area contributed by atoms with Crippen LogP contribution in [0.15, 0.2) is 18.2 Å². The number of rotatable bonds is 10. The minimum absolute atomic E-state index is 0.0299. The number of nitrogens with zero attached hydrogens (tertiary/aromatic N) is 9. The second kappa shape index (κ2) is 34.7. The number of carbonyl (C=O) groups is 12. The monoisotopic (exact) mass is 1430 g/mol. The van der Waals surface area contributed by atoms with Crippen molar-refractivity contribution in [1.29, 1.82) is 0 Å². The Kier molecular flexibility index (Phi) is 27.3. The largest absolute Gasteiger partial charge is 0.417 e. The number of carbonyl (C=O) groups excluding carboxylic acids is 12. The minimum Gasteiger partial charge on any atom is -0.378 e. The van der Waals surface area contributed by atoms with Crippen molar-refractivity contribution in [3.63, 3.8) is 0 Å². The van der Waals surface area contributed by atoms with E-state index in [0.717, 1.165) is 78.2 Å². The molecule has 0 unspecified atom stereocenters. The van der Waals surface area contributed by atoms with E-state index in [1.54, 1.807) is 6.92 Å². The average molecular weight is 1430 g/mol. The molecule has 3 aliphatic heterocycles. The molecule has 4 aliphatic carbocycles. The first kappa shape index (κ1) is 78.6. The van der Waals surface area contributed by atoms with Crippen LogP contribution in [0.4, 0.5) is 13.2 Å². The predicted octanol–water partition coefficient (Wildman–Crippen LogP) is 4.63. The topological polar surface area (TPSA) is 279 Å². The van der Waals surface area contributed by atoms with E-state index in [1.165, 1.54) is 84.8 Å². The molecule has 25 nitrogen and oxygen atoms in total. The van der Waals surface area contributed by atoms with Crippen LogP contribution in [0.2, 0.25) is 5.02 Å². The number of hydrogen-bond acceptors (Lipinski definition) is 13. The lowest BCUT2D eigenvalue weighted by molar-refractivity contribution is -0.158. The Morgan fingerprint density at radius 2 is 1.24 bits per heavy atom. The lowest BCUT2D eigenvalue weighted by Crippen LogP contribution is -2.65. The van der Waals surface area contributed by atoms with Gasteiger partial charge in [-0.25, -0.2) is 0 Å². The molecule has 3 N–H and O–H groups in total. The fourth-order valence-corrected chi connectivity index (χ4v) is 16.2. The Hall–Kier alpha value is -7.10.